The van der Waals surface area contributed by atoms with E-state index in [0.717, 1.165) is 57.8 Å². The fourth-order valence-corrected chi connectivity index (χ4v) is 5.51. The molecule has 0 unspecified atom stereocenters. The number of nitrogens with two attached hydrogens (primary N) is 1. The molecule has 2 N–H and O–H groups in total. The molecular weight excluding hydrogens is 454 g/mol. The van der Waals surface area contributed by atoms with Crippen molar-refractivity contribution in [2.45, 2.75) is 128 Å². The summed E-state index contributed by atoms with van der Waals surface area (Å²) in [7, 11) is -1.71. The zero-order valence-electron chi connectivity index (χ0n) is 21.4. The lowest BCUT2D eigenvalue weighted by molar-refractivity contribution is -0.194. The molecule has 1 amide bonds. The van der Waals surface area contributed by atoms with E-state index in [2.05, 4.69) is 13.8 Å². The van der Waals surface area contributed by atoms with Gasteiger partial charge in [-0.2, -0.15) is 0 Å². The van der Waals surface area contributed by atoms with E-state index in [-0.39, 0.29) is 24.2 Å². The van der Waals surface area contributed by atoms with E-state index < -0.39 is 34.0 Å². The first-order valence-corrected chi connectivity index (χ1v) is 14.8. The topological polar surface area (TPSA) is 113 Å². The third-order valence-corrected chi connectivity index (χ3v) is 8.09. The highest BCUT2D eigenvalue weighted by molar-refractivity contribution is 7.87. The predicted molar refractivity (Wildman–Crippen MR) is 136 cm³/mol. The summed E-state index contributed by atoms with van der Waals surface area (Å²) < 4.78 is 23.1. The molecule has 1 saturated heterocycles. The molecule has 34 heavy (non-hydrogen) atoms. The Morgan fingerprint density at radius 2 is 1.44 bits per heavy atom. The van der Waals surface area contributed by atoms with Crippen molar-refractivity contribution in [2.75, 3.05) is 12.4 Å². The van der Waals surface area contributed by atoms with Crippen molar-refractivity contribution in [2.24, 2.45) is 11.7 Å². The summed E-state index contributed by atoms with van der Waals surface area (Å²) in [6.45, 7) is 4.33. The van der Waals surface area contributed by atoms with E-state index in [4.69, 9.17) is 15.2 Å². The molecule has 0 aliphatic carbocycles. The number of unbranched alkanes of at least 4 members (excludes halogenated alkanes) is 12. The fraction of sp³-hybridized carbons (Fsp3) is 0.885. The fourth-order valence-electron chi connectivity index (χ4n) is 4.31. The third kappa shape index (κ3) is 12.9. The maximum atomic E-state index is 12.7. The summed E-state index contributed by atoms with van der Waals surface area (Å²) in [5, 5.41) is -0.875. The van der Waals surface area contributed by atoms with E-state index in [1.807, 2.05) is 0 Å². The molecule has 4 atom stereocenters. The van der Waals surface area contributed by atoms with Crippen LogP contribution in [0.3, 0.4) is 0 Å². The molecule has 1 fully saturated rings. The smallest absolute Gasteiger partial charge is 0.321 e. The number of ether oxygens (including phenoxy) is 2. The molecule has 1 aliphatic heterocycles. The normalized spacial score (nSPS) is 19.2. The molecular formula is C26H47NO6S. The molecule has 1 heterocycles. The second kappa shape index (κ2) is 18.8. The number of hydrogen-bond donors (Lipinski definition) is 1. The van der Waals surface area contributed by atoms with Gasteiger partial charge in [0.2, 0.25) is 5.91 Å². The zero-order chi connectivity index (χ0) is 25.2. The third-order valence-electron chi connectivity index (χ3n) is 6.46. The largest absolute Gasteiger partial charge is 0.461 e. The number of carbonyl (C=O) groups is 3. The van der Waals surface area contributed by atoms with Gasteiger partial charge in [0.05, 0.1) is 5.92 Å². The highest BCUT2D eigenvalue weighted by Crippen LogP contribution is 2.28. The summed E-state index contributed by atoms with van der Waals surface area (Å²) in [4.78, 5) is 35.7. The Morgan fingerprint density at radius 1 is 0.912 bits per heavy atom. The van der Waals surface area contributed by atoms with Gasteiger partial charge in [-0.3, -0.25) is 18.6 Å². The molecule has 198 valence electrons. The van der Waals surface area contributed by atoms with E-state index in [1.165, 1.54) is 38.5 Å². The Morgan fingerprint density at radius 3 is 1.97 bits per heavy atom. The van der Waals surface area contributed by atoms with Crippen molar-refractivity contribution in [3.63, 3.8) is 0 Å². The summed E-state index contributed by atoms with van der Waals surface area (Å²) in [5.41, 5.74) is 5.20. The van der Waals surface area contributed by atoms with Crippen molar-refractivity contribution >= 4 is 28.6 Å². The molecule has 1 rings (SSSR count). The van der Waals surface area contributed by atoms with Crippen LogP contribution in [-0.4, -0.2) is 45.8 Å². The van der Waals surface area contributed by atoms with Gasteiger partial charge < -0.3 is 15.2 Å². The minimum absolute atomic E-state index is 0.0225. The number of carbonyl (C=O) groups excluding carboxylic acids is 3. The Bertz CT molecular complexity index is 626. The first-order valence-electron chi connectivity index (χ1n) is 13.4. The van der Waals surface area contributed by atoms with Crippen LogP contribution < -0.4 is 5.73 Å². The van der Waals surface area contributed by atoms with Crippen LogP contribution in [-0.2, 0) is 34.7 Å². The van der Waals surface area contributed by atoms with Crippen molar-refractivity contribution in [1.82, 2.24) is 0 Å². The standard InChI is InChI=1S/C26H47NO6S/c1-3-5-7-9-10-11-12-13-14-16-18-23(34(31)20-24(27)28)26(30)32-19-22-21(25(29)33-22)17-15-8-6-4-2/h21-23H,3-20H2,1-2H3,(H2,27,28)/t21-,22+,23-,34+/m0/s1. The van der Waals surface area contributed by atoms with Gasteiger partial charge in [-0.25, -0.2) is 0 Å². The lowest BCUT2D eigenvalue weighted by atomic mass is 9.91. The maximum absolute atomic E-state index is 12.7. The van der Waals surface area contributed by atoms with Gasteiger partial charge in [0.15, 0.2) is 0 Å². The van der Waals surface area contributed by atoms with Crippen molar-refractivity contribution in [3.05, 3.63) is 0 Å². The second-order valence-electron chi connectivity index (χ2n) is 9.51. The van der Waals surface area contributed by atoms with E-state index in [1.54, 1.807) is 0 Å². The molecule has 0 radical (unpaired) electrons. The Balaban J connectivity index is 2.38. The van der Waals surface area contributed by atoms with Gasteiger partial charge in [0.25, 0.3) is 0 Å². The summed E-state index contributed by atoms with van der Waals surface area (Å²) in [5.74, 6) is -2.11. The van der Waals surface area contributed by atoms with Crippen LogP contribution in [0, 0.1) is 5.92 Å². The molecule has 0 aromatic rings. The Labute approximate surface area is 208 Å². The van der Waals surface area contributed by atoms with Gasteiger partial charge in [-0.05, 0) is 12.8 Å². The van der Waals surface area contributed by atoms with Crippen LogP contribution in [0.15, 0.2) is 0 Å². The first kappa shape index (κ1) is 30.6. The van der Waals surface area contributed by atoms with Crippen molar-refractivity contribution in [3.8, 4) is 0 Å². The van der Waals surface area contributed by atoms with E-state index in [0.29, 0.717) is 6.42 Å². The number of rotatable bonds is 22. The molecule has 0 aromatic carbocycles. The number of primary amides is 1. The highest BCUT2D eigenvalue weighted by atomic mass is 32.2. The van der Waals surface area contributed by atoms with Gasteiger partial charge in [-0.15, -0.1) is 0 Å². The Hall–Kier alpha value is -1.44. The monoisotopic (exact) mass is 501 g/mol. The number of amides is 1. The van der Waals surface area contributed by atoms with Gasteiger partial charge in [-0.1, -0.05) is 104 Å². The van der Waals surface area contributed by atoms with Crippen LogP contribution in [0.1, 0.15) is 117 Å². The molecule has 7 nitrogen and oxygen atoms in total. The number of esters is 2. The summed E-state index contributed by atoms with van der Waals surface area (Å²) in [6.07, 6.45) is 16.6. The quantitative estimate of drug-likeness (QED) is 0.166. The lowest BCUT2D eigenvalue weighted by Crippen LogP contribution is -2.48. The van der Waals surface area contributed by atoms with Gasteiger partial charge in [0, 0.05) is 10.8 Å². The highest BCUT2D eigenvalue weighted by Gasteiger charge is 2.43. The van der Waals surface area contributed by atoms with Crippen LogP contribution in [0.5, 0.6) is 0 Å². The average molecular weight is 502 g/mol. The molecule has 8 heteroatoms. The van der Waals surface area contributed by atoms with E-state index in [9.17, 15) is 18.6 Å². The SMILES string of the molecule is CCCCCCCCCCCC[C@@H](C(=O)OC[C@H]1OC(=O)[C@H]1CCCCCC)[S@](=O)CC(N)=O. The zero-order valence-corrected chi connectivity index (χ0v) is 22.2. The first-order chi connectivity index (χ1) is 16.4. The average Bonchev–Trinajstić information content (AvgIpc) is 2.79. The minimum Gasteiger partial charge on any atom is -0.461 e. The van der Waals surface area contributed by atoms with E-state index >= 15 is 0 Å². The maximum Gasteiger partial charge on any atom is 0.321 e. The molecule has 0 bridgehead atoms. The van der Waals surface area contributed by atoms with Crippen LogP contribution in [0.25, 0.3) is 0 Å². The van der Waals surface area contributed by atoms with Gasteiger partial charge >= 0.3 is 11.9 Å². The van der Waals surface area contributed by atoms with Crippen molar-refractivity contribution < 1.29 is 28.1 Å². The molecule has 1 aliphatic rings. The molecule has 0 spiro atoms. The van der Waals surface area contributed by atoms with Crippen LogP contribution in [0.2, 0.25) is 0 Å². The Kier molecular flexibility index (Phi) is 16.9. The minimum atomic E-state index is -1.71. The molecule has 0 saturated carbocycles. The lowest BCUT2D eigenvalue weighted by Gasteiger charge is -2.34. The summed E-state index contributed by atoms with van der Waals surface area (Å²) >= 11 is 0. The van der Waals surface area contributed by atoms with Crippen LogP contribution in [0.4, 0.5) is 0 Å². The second-order valence-corrected chi connectivity index (χ2v) is 11.1. The number of hydrogen-bond acceptors (Lipinski definition) is 6. The van der Waals surface area contributed by atoms with Crippen LogP contribution >= 0.6 is 0 Å². The van der Waals surface area contributed by atoms with Gasteiger partial charge in [0.1, 0.15) is 23.7 Å². The van der Waals surface area contributed by atoms with Crippen molar-refractivity contribution in [1.29, 1.82) is 0 Å². The summed E-state index contributed by atoms with van der Waals surface area (Å²) in [6, 6.07) is 0. The molecule has 0 aromatic heterocycles. The number of cyclic esters (lactones) is 1. The predicted octanol–water partition coefficient (Wildman–Crippen LogP) is 4.96.